The Morgan fingerprint density at radius 3 is 2.83 bits per heavy atom. The van der Waals surface area contributed by atoms with Crippen LogP contribution in [-0.2, 0) is 0 Å². The highest BCUT2D eigenvalue weighted by atomic mass is 16.6. The van der Waals surface area contributed by atoms with Crippen LogP contribution in [-0.4, -0.2) is 40.2 Å². The third-order valence-corrected chi connectivity index (χ3v) is 3.30. The van der Waals surface area contributed by atoms with Crippen LogP contribution in [0, 0.1) is 15.5 Å². The van der Waals surface area contributed by atoms with Crippen LogP contribution in [0.1, 0.15) is 30.8 Å². The molecule has 6 nitrogen and oxygen atoms in total. The van der Waals surface area contributed by atoms with Crippen LogP contribution in [0.15, 0.2) is 12.3 Å². The molecule has 18 heavy (non-hydrogen) atoms. The van der Waals surface area contributed by atoms with Gasteiger partial charge in [-0.25, -0.2) is 0 Å². The van der Waals surface area contributed by atoms with Crippen molar-refractivity contribution in [2.24, 2.45) is 5.41 Å². The molecular weight excluding hydrogens is 234 g/mol. The summed E-state index contributed by atoms with van der Waals surface area (Å²) in [7, 11) is 0. The number of rotatable bonds is 4. The number of carbonyl (C=O) groups excluding carboxylic acids is 1. The van der Waals surface area contributed by atoms with E-state index in [0.29, 0.717) is 12.2 Å². The van der Waals surface area contributed by atoms with Crippen molar-refractivity contribution in [3.8, 4) is 0 Å². The first-order chi connectivity index (χ1) is 8.37. The summed E-state index contributed by atoms with van der Waals surface area (Å²) in [5, 5.41) is 10.5. The Bertz CT molecular complexity index is 479. The second kappa shape index (κ2) is 4.53. The van der Waals surface area contributed by atoms with Crippen LogP contribution in [0.25, 0.3) is 0 Å². The summed E-state index contributed by atoms with van der Waals surface area (Å²) in [6, 6.07) is 1.30. The predicted molar refractivity (Wildman–Crippen MR) is 66.6 cm³/mol. The maximum Gasteiger partial charge on any atom is 0.287 e. The molecule has 0 radical (unpaired) electrons. The molecule has 1 aromatic heterocycles. The molecule has 0 unspecified atom stereocenters. The van der Waals surface area contributed by atoms with E-state index in [0.717, 1.165) is 19.5 Å². The molecule has 1 fully saturated rings. The third kappa shape index (κ3) is 2.76. The summed E-state index contributed by atoms with van der Waals surface area (Å²) in [6.07, 6.45) is 2.33. The number of H-pyrrole nitrogens is 1. The standard InChI is InChI=1S/C12H17N3O3/c1-12(2)3-4-14(8-12)7-11(16)10-5-9(6-13-10)15(17)18/h5-6,13H,3-4,7-8H2,1-2H3. The Kier molecular flexibility index (Phi) is 3.21. The van der Waals surface area contributed by atoms with Gasteiger partial charge in [-0.15, -0.1) is 0 Å². The van der Waals surface area contributed by atoms with Crippen molar-refractivity contribution in [3.05, 3.63) is 28.1 Å². The van der Waals surface area contributed by atoms with Gasteiger partial charge in [-0.1, -0.05) is 13.8 Å². The van der Waals surface area contributed by atoms with Gasteiger partial charge < -0.3 is 4.98 Å². The SMILES string of the molecule is CC1(C)CCN(CC(=O)c2cc([N+](=O)[O-])c[nH]2)C1. The minimum absolute atomic E-state index is 0.0694. The lowest BCUT2D eigenvalue weighted by Gasteiger charge is -2.18. The molecule has 0 aromatic carbocycles. The van der Waals surface area contributed by atoms with Crippen molar-refractivity contribution in [1.29, 1.82) is 0 Å². The number of Topliss-reactive ketones (excluding diaryl/α,β-unsaturated/α-hetero) is 1. The minimum Gasteiger partial charge on any atom is -0.353 e. The van der Waals surface area contributed by atoms with Gasteiger partial charge in [0.25, 0.3) is 5.69 Å². The number of aromatic nitrogens is 1. The molecule has 0 saturated carbocycles. The largest absolute Gasteiger partial charge is 0.353 e. The van der Waals surface area contributed by atoms with Crippen molar-refractivity contribution in [3.63, 3.8) is 0 Å². The summed E-state index contributed by atoms with van der Waals surface area (Å²) in [6.45, 7) is 6.47. The molecule has 98 valence electrons. The molecule has 0 aliphatic carbocycles. The van der Waals surface area contributed by atoms with Crippen molar-refractivity contribution >= 4 is 11.5 Å². The van der Waals surface area contributed by atoms with Gasteiger partial charge in [-0.3, -0.25) is 19.8 Å². The van der Waals surface area contributed by atoms with Crippen LogP contribution in [0.2, 0.25) is 0 Å². The molecule has 0 bridgehead atoms. The van der Waals surface area contributed by atoms with Crippen LogP contribution in [0.5, 0.6) is 0 Å². The molecule has 0 spiro atoms. The monoisotopic (exact) mass is 251 g/mol. The second-order valence-electron chi connectivity index (χ2n) is 5.58. The Balaban J connectivity index is 1.97. The van der Waals surface area contributed by atoms with Gasteiger partial charge in [-0.05, 0) is 18.4 Å². The number of ketones is 1. The van der Waals surface area contributed by atoms with Gasteiger partial charge in [0.2, 0.25) is 0 Å². The number of nitrogens with zero attached hydrogens (tertiary/aromatic N) is 2. The lowest BCUT2D eigenvalue weighted by Crippen LogP contribution is -2.29. The molecule has 0 amide bonds. The molecule has 1 aliphatic heterocycles. The summed E-state index contributed by atoms with van der Waals surface area (Å²) < 4.78 is 0. The summed E-state index contributed by atoms with van der Waals surface area (Å²) >= 11 is 0. The Morgan fingerprint density at radius 2 is 2.33 bits per heavy atom. The number of likely N-dealkylation sites (tertiary alicyclic amines) is 1. The zero-order valence-electron chi connectivity index (χ0n) is 10.6. The fraction of sp³-hybridized carbons (Fsp3) is 0.583. The summed E-state index contributed by atoms with van der Waals surface area (Å²) in [5.41, 5.74) is 0.494. The quantitative estimate of drug-likeness (QED) is 0.503. The van der Waals surface area contributed by atoms with Gasteiger partial charge in [-0.2, -0.15) is 0 Å². The highest BCUT2D eigenvalue weighted by Gasteiger charge is 2.30. The summed E-state index contributed by atoms with van der Waals surface area (Å²) in [5.74, 6) is -0.0965. The smallest absolute Gasteiger partial charge is 0.287 e. The lowest BCUT2D eigenvalue weighted by molar-refractivity contribution is -0.384. The van der Waals surface area contributed by atoms with Crippen molar-refractivity contribution in [2.45, 2.75) is 20.3 Å². The molecule has 1 aliphatic rings. The normalized spacial score (nSPS) is 19.0. The van der Waals surface area contributed by atoms with E-state index in [-0.39, 0.29) is 16.9 Å². The molecule has 0 atom stereocenters. The number of hydrogen-bond donors (Lipinski definition) is 1. The molecular formula is C12H17N3O3. The van der Waals surface area contributed by atoms with Crippen molar-refractivity contribution < 1.29 is 9.72 Å². The molecule has 1 saturated heterocycles. The van der Waals surface area contributed by atoms with E-state index in [1.54, 1.807) is 0 Å². The first kappa shape index (κ1) is 12.8. The number of hydrogen-bond acceptors (Lipinski definition) is 4. The highest BCUT2D eigenvalue weighted by molar-refractivity contribution is 5.96. The van der Waals surface area contributed by atoms with Crippen LogP contribution >= 0.6 is 0 Å². The molecule has 2 rings (SSSR count). The van der Waals surface area contributed by atoms with Crippen LogP contribution in [0.4, 0.5) is 5.69 Å². The van der Waals surface area contributed by atoms with E-state index in [2.05, 4.69) is 23.7 Å². The minimum atomic E-state index is -0.508. The van der Waals surface area contributed by atoms with Crippen LogP contribution in [0.3, 0.4) is 0 Å². The third-order valence-electron chi connectivity index (χ3n) is 3.30. The van der Waals surface area contributed by atoms with E-state index in [1.807, 2.05) is 0 Å². The number of nitrogens with one attached hydrogen (secondary N) is 1. The van der Waals surface area contributed by atoms with Gasteiger partial charge in [0, 0.05) is 12.6 Å². The maximum absolute atomic E-state index is 12.0. The van der Waals surface area contributed by atoms with Gasteiger partial charge in [0.05, 0.1) is 23.4 Å². The molecule has 2 heterocycles. The van der Waals surface area contributed by atoms with Gasteiger partial charge >= 0.3 is 0 Å². The first-order valence-corrected chi connectivity index (χ1v) is 5.96. The van der Waals surface area contributed by atoms with E-state index >= 15 is 0 Å². The zero-order valence-corrected chi connectivity index (χ0v) is 10.6. The number of carbonyl (C=O) groups is 1. The molecule has 6 heteroatoms. The van der Waals surface area contributed by atoms with Crippen molar-refractivity contribution in [1.82, 2.24) is 9.88 Å². The van der Waals surface area contributed by atoms with E-state index in [9.17, 15) is 14.9 Å². The van der Waals surface area contributed by atoms with Gasteiger partial charge in [0.1, 0.15) is 0 Å². The Morgan fingerprint density at radius 1 is 1.61 bits per heavy atom. The van der Waals surface area contributed by atoms with Crippen LogP contribution < -0.4 is 0 Å². The lowest BCUT2D eigenvalue weighted by atomic mass is 9.93. The average molecular weight is 251 g/mol. The van der Waals surface area contributed by atoms with Crippen molar-refractivity contribution in [2.75, 3.05) is 19.6 Å². The number of aromatic amines is 1. The topological polar surface area (TPSA) is 79.2 Å². The Hall–Kier alpha value is -1.69. The highest BCUT2D eigenvalue weighted by Crippen LogP contribution is 2.28. The fourth-order valence-electron chi connectivity index (χ4n) is 2.30. The number of nitro groups is 1. The van der Waals surface area contributed by atoms with Gasteiger partial charge in [0.15, 0.2) is 5.78 Å². The zero-order chi connectivity index (χ0) is 13.3. The predicted octanol–water partition coefficient (Wildman–Crippen LogP) is 1.84. The van der Waals surface area contributed by atoms with E-state index in [4.69, 9.17) is 0 Å². The van der Waals surface area contributed by atoms with E-state index < -0.39 is 4.92 Å². The Labute approximate surface area is 105 Å². The average Bonchev–Trinajstić information content (AvgIpc) is 2.85. The molecule has 1 N–H and O–H groups in total. The first-order valence-electron chi connectivity index (χ1n) is 5.96. The second-order valence-corrected chi connectivity index (χ2v) is 5.58. The summed E-state index contributed by atoms with van der Waals surface area (Å²) in [4.78, 5) is 26.7. The fourth-order valence-corrected chi connectivity index (χ4v) is 2.30. The molecule has 1 aromatic rings. The maximum atomic E-state index is 12.0. The van der Waals surface area contributed by atoms with E-state index in [1.165, 1.54) is 12.3 Å².